The van der Waals surface area contributed by atoms with Crippen molar-refractivity contribution in [2.75, 3.05) is 11.5 Å². The Morgan fingerprint density at radius 2 is 2.17 bits per heavy atom. The van der Waals surface area contributed by atoms with E-state index in [0.29, 0.717) is 16.6 Å². The highest BCUT2D eigenvalue weighted by Crippen LogP contribution is 2.18. The molecule has 0 saturated carbocycles. The van der Waals surface area contributed by atoms with Gasteiger partial charge in [-0.3, -0.25) is 0 Å². The quantitative estimate of drug-likeness (QED) is 0.805. The summed E-state index contributed by atoms with van der Waals surface area (Å²) in [5, 5.41) is 9.24. The van der Waals surface area contributed by atoms with E-state index in [0.717, 1.165) is 6.42 Å². The molecule has 3 nitrogen and oxygen atoms in total. The van der Waals surface area contributed by atoms with Gasteiger partial charge in [0, 0.05) is 11.0 Å². The van der Waals surface area contributed by atoms with Gasteiger partial charge in [0.25, 0.3) is 0 Å². The van der Waals surface area contributed by atoms with Crippen LogP contribution in [0, 0.1) is 11.3 Å². The van der Waals surface area contributed by atoms with Crippen LogP contribution in [-0.2, 0) is 9.84 Å². The maximum atomic E-state index is 12.0. The normalized spacial score (nSPS) is 12.9. The number of nitriles is 1. The lowest BCUT2D eigenvalue weighted by molar-refractivity contribution is 0.597. The summed E-state index contributed by atoms with van der Waals surface area (Å²) < 4.78 is 24.1. The van der Waals surface area contributed by atoms with Crippen molar-refractivity contribution in [2.24, 2.45) is 0 Å². The van der Waals surface area contributed by atoms with Gasteiger partial charge in [-0.15, -0.1) is 0 Å². The predicted molar refractivity (Wildman–Crippen MR) is 75.4 cm³/mol. The molecule has 1 atom stereocenters. The Balaban J connectivity index is 2.72. The highest BCUT2D eigenvalue weighted by atomic mass is 32.2. The van der Waals surface area contributed by atoms with Crippen molar-refractivity contribution in [1.82, 2.24) is 0 Å². The SMILES string of the molecule is CCC(C)SCCS(=O)(=O)c1cccc(C#N)c1. The smallest absolute Gasteiger partial charge is 0.179 e. The first-order chi connectivity index (χ1) is 8.49. The summed E-state index contributed by atoms with van der Waals surface area (Å²) in [6.45, 7) is 4.18. The minimum atomic E-state index is -3.27. The van der Waals surface area contributed by atoms with Gasteiger partial charge in [0.1, 0.15) is 0 Å². The van der Waals surface area contributed by atoms with Crippen LogP contribution in [0.5, 0.6) is 0 Å². The average molecular weight is 283 g/mol. The lowest BCUT2D eigenvalue weighted by atomic mass is 10.2. The Bertz CT molecular complexity index is 532. The van der Waals surface area contributed by atoms with Crippen molar-refractivity contribution in [3.63, 3.8) is 0 Å². The first kappa shape index (κ1) is 15.1. The largest absolute Gasteiger partial charge is 0.224 e. The first-order valence-corrected chi connectivity index (χ1v) is 8.54. The van der Waals surface area contributed by atoms with Crippen LogP contribution < -0.4 is 0 Å². The molecule has 0 heterocycles. The molecule has 1 rings (SSSR count). The molecule has 0 aliphatic heterocycles. The minimum Gasteiger partial charge on any atom is -0.224 e. The Labute approximate surface area is 113 Å². The molecule has 0 spiro atoms. The lowest BCUT2D eigenvalue weighted by Gasteiger charge is -2.08. The fourth-order valence-corrected chi connectivity index (χ4v) is 4.08. The monoisotopic (exact) mass is 283 g/mol. The van der Waals surface area contributed by atoms with E-state index in [1.165, 1.54) is 6.07 Å². The number of thioether (sulfide) groups is 1. The molecule has 0 radical (unpaired) electrons. The molecule has 1 aromatic rings. The van der Waals surface area contributed by atoms with Crippen molar-refractivity contribution in [2.45, 2.75) is 30.4 Å². The van der Waals surface area contributed by atoms with Crippen LogP contribution in [0.3, 0.4) is 0 Å². The summed E-state index contributed by atoms with van der Waals surface area (Å²) in [6.07, 6.45) is 1.04. The van der Waals surface area contributed by atoms with Gasteiger partial charge in [0.2, 0.25) is 0 Å². The van der Waals surface area contributed by atoms with Crippen molar-refractivity contribution in [3.8, 4) is 6.07 Å². The summed E-state index contributed by atoms with van der Waals surface area (Å²) in [7, 11) is -3.27. The molecule has 1 aromatic carbocycles. The predicted octanol–water partition coefficient (Wildman–Crippen LogP) is 2.86. The summed E-state index contributed by atoms with van der Waals surface area (Å²) in [4.78, 5) is 0.242. The summed E-state index contributed by atoms with van der Waals surface area (Å²) in [5.74, 6) is 0.713. The van der Waals surface area contributed by atoms with Crippen molar-refractivity contribution < 1.29 is 8.42 Å². The molecule has 0 fully saturated rings. The van der Waals surface area contributed by atoms with Gasteiger partial charge in [-0.05, 0) is 24.6 Å². The second kappa shape index (κ2) is 6.81. The zero-order valence-electron chi connectivity index (χ0n) is 10.6. The van der Waals surface area contributed by atoms with Crippen LogP contribution >= 0.6 is 11.8 Å². The molecule has 0 bridgehead atoms. The molecule has 0 aliphatic carbocycles. The van der Waals surface area contributed by atoms with E-state index in [1.54, 1.807) is 30.0 Å². The molecule has 0 aliphatic rings. The molecule has 0 saturated heterocycles. The Morgan fingerprint density at radius 3 is 2.78 bits per heavy atom. The molecule has 98 valence electrons. The molecular formula is C13H17NO2S2. The Hall–Kier alpha value is -0.990. The second-order valence-corrected chi connectivity index (χ2v) is 7.70. The maximum Gasteiger partial charge on any atom is 0.179 e. The fraction of sp³-hybridized carbons (Fsp3) is 0.462. The summed E-state index contributed by atoms with van der Waals surface area (Å²) >= 11 is 1.66. The van der Waals surface area contributed by atoms with Crippen LogP contribution in [0.25, 0.3) is 0 Å². The first-order valence-electron chi connectivity index (χ1n) is 5.84. The number of hydrogen-bond donors (Lipinski definition) is 0. The van der Waals surface area contributed by atoms with Gasteiger partial charge in [-0.2, -0.15) is 17.0 Å². The van der Waals surface area contributed by atoms with E-state index >= 15 is 0 Å². The van der Waals surface area contributed by atoms with Crippen LogP contribution in [0.4, 0.5) is 0 Å². The van der Waals surface area contributed by atoms with E-state index in [-0.39, 0.29) is 10.6 Å². The number of rotatable bonds is 6. The molecule has 5 heteroatoms. The highest BCUT2D eigenvalue weighted by molar-refractivity contribution is 8.01. The standard InChI is InChI=1S/C13H17NO2S2/c1-3-11(2)17-7-8-18(15,16)13-6-4-5-12(9-13)10-14/h4-6,9,11H,3,7-8H2,1-2H3. The topological polar surface area (TPSA) is 57.9 Å². The van der Waals surface area contributed by atoms with E-state index in [1.807, 2.05) is 6.07 Å². The number of hydrogen-bond acceptors (Lipinski definition) is 4. The second-order valence-electron chi connectivity index (χ2n) is 4.05. The van der Waals surface area contributed by atoms with Crippen LogP contribution in [0.2, 0.25) is 0 Å². The third-order valence-corrected chi connectivity index (χ3v) is 5.97. The molecule has 18 heavy (non-hydrogen) atoms. The van der Waals surface area contributed by atoms with E-state index in [4.69, 9.17) is 5.26 Å². The third kappa shape index (κ3) is 4.35. The number of sulfone groups is 1. The van der Waals surface area contributed by atoms with Crippen molar-refractivity contribution in [1.29, 1.82) is 5.26 Å². The van der Waals surface area contributed by atoms with Crippen molar-refractivity contribution >= 4 is 21.6 Å². The number of benzene rings is 1. The average Bonchev–Trinajstić information content (AvgIpc) is 2.38. The Kier molecular flexibility index (Phi) is 5.70. The van der Waals surface area contributed by atoms with Crippen LogP contribution in [0.1, 0.15) is 25.8 Å². The van der Waals surface area contributed by atoms with Gasteiger partial charge in [-0.1, -0.05) is 19.9 Å². The fourth-order valence-electron chi connectivity index (χ4n) is 1.35. The van der Waals surface area contributed by atoms with Crippen LogP contribution in [0.15, 0.2) is 29.2 Å². The molecule has 0 N–H and O–H groups in total. The number of nitrogens with zero attached hydrogens (tertiary/aromatic N) is 1. The summed E-state index contributed by atoms with van der Waals surface area (Å²) in [6, 6.07) is 8.14. The maximum absolute atomic E-state index is 12.0. The highest BCUT2D eigenvalue weighted by Gasteiger charge is 2.15. The van der Waals surface area contributed by atoms with Gasteiger partial charge in [0.15, 0.2) is 9.84 Å². The third-order valence-electron chi connectivity index (χ3n) is 2.65. The van der Waals surface area contributed by atoms with E-state index in [9.17, 15) is 8.42 Å². The Morgan fingerprint density at radius 1 is 1.44 bits per heavy atom. The van der Waals surface area contributed by atoms with Gasteiger partial charge in [0.05, 0.1) is 22.3 Å². The summed E-state index contributed by atoms with van der Waals surface area (Å²) in [5.41, 5.74) is 0.380. The van der Waals surface area contributed by atoms with E-state index < -0.39 is 9.84 Å². The van der Waals surface area contributed by atoms with Crippen molar-refractivity contribution in [3.05, 3.63) is 29.8 Å². The van der Waals surface area contributed by atoms with Gasteiger partial charge in [-0.25, -0.2) is 8.42 Å². The molecule has 1 unspecified atom stereocenters. The van der Waals surface area contributed by atoms with Gasteiger partial charge >= 0.3 is 0 Å². The lowest BCUT2D eigenvalue weighted by Crippen LogP contribution is -2.10. The molecule has 0 amide bonds. The van der Waals surface area contributed by atoms with Crippen LogP contribution in [-0.4, -0.2) is 25.2 Å². The van der Waals surface area contributed by atoms with Gasteiger partial charge < -0.3 is 0 Å². The zero-order valence-corrected chi connectivity index (χ0v) is 12.2. The minimum absolute atomic E-state index is 0.122. The zero-order chi connectivity index (χ0) is 13.6. The van der Waals surface area contributed by atoms with E-state index in [2.05, 4.69) is 13.8 Å². The molecular weight excluding hydrogens is 266 g/mol. The molecule has 0 aromatic heterocycles.